The number of aromatic amines is 2. The van der Waals surface area contributed by atoms with Gasteiger partial charge in [0.05, 0.1) is 42.3 Å². The highest BCUT2D eigenvalue weighted by Gasteiger charge is 2.17. The Morgan fingerprint density at radius 2 is 1.43 bits per heavy atom. The van der Waals surface area contributed by atoms with Crippen LogP contribution >= 0.6 is 11.3 Å². The Morgan fingerprint density at radius 3 is 1.98 bits per heavy atom. The van der Waals surface area contributed by atoms with Crippen molar-refractivity contribution in [3.8, 4) is 20.9 Å². The second kappa shape index (κ2) is 13.2. The molecule has 220 valence electrons. The smallest absolute Gasteiger partial charge is 0.407 e. The van der Waals surface area contributed by atoms with Crippen LogP contribution in [-0.4, -0.2) is 75.5 Å². The van der Waals surface area contributed by atoms with Crippen molar-refractivity contribution in [2.45, 2.75) is 39.8 Å². The number of nitrogens with one attached hydrogen (secondary N) is 3. The van der Waals surface area contributed by atoms with Crippen molar-refractivity contribution in [2.24, 2.45) is 0 Å². The lowest BCUT2D eigenvalue weighted by Crippen LogP contribution is -2.40. The maximum Gasteiger partial charge on any atom is 0.407 e. The second-order valence-electron chi connectivity index (χ2n) is 10.4. The van der Waals surface area contributed by atoms with Crippen LogP contribution in [-0.2, 0) is 22.6 Å². The third-order valence-electron chi connectivity index (χ3n) is 7.02. The lowest BCUT2D eigenvalue weighted by atomic mass is 10.1. The third kappa shape index (κ3) is 6.80. The number of H-pyrrole nitrogens is 2. The highest BCUT2D eigenvalue weighted by molar-refractivity contribution is 7.18. The summed E-state index contributed by atoms with van der Waals surface area (Å²) in [6.45, 7) is 6.80. The topological polar surface area (TPSA) is 119 Å². The van der Waals surface area contributed by atoms with E-state index >= 15 is 0 Å². The molecular weight excluding hydrogens is 550 g/mol. The molecular formula is C31H37N7O3S. The van der Waals surface area contributed by atoms with Crippen LogP contribution in [0.1, 0.15) is 38.3 Å². The number of rotatable bonds is 12. The predicted molar refractivity (Wildman–Crippen MR) is 167 cm³/mol. The molecule has 3 heterocycles. The molecule has 0 aliphatic heterocycles. The third-order valence-corrected chi connectivity index (χ3v) is 8.20. The zero-order valence-electron chi connectivity index (χ0n) is 24.5. The van der Waals surface area contributed by atoms with Gasteiger partial charge in [-0.15, -0.1) is 11.3 Å². The summed E-state index contributed by atoms with van der Waals surface area (Å²) in [6.07, 6.45) is 1.28. The van der Waals surface area contributed by atoms with Gasteiger partial charge in [0.25, 0.3) is 0 Å². The van der Waals surface area contributed by atoms with Crippen LogP contribution in [0.25, 0.3) is 42.9 Å². The second-order valence-corrected chi connectivity index (χ2v) is 11.5. The SMILES string of the molecule is CCCN(C)Cc1nc2ccc(-c3ccc(-c4ccc5nc(CN(CCC)C(=O)CNC(=O)OC)[nH]c5c4)s3)cc2[nH]1. The maximum absolute atomic E-state index is 12.7. The zero-order chi connectivity index (χ0) is 29.6. The van der Waals surface area contributed by atoms with Gasteiger partial charge in [0, 0.05) is 16.3 Å². The molecule has 3 aromatic heterocycles. The fourth-order valence-corrected chi connectivity index (χ4v) is 6.02. The summed E-state index contributed by atoms with van der Waals surface area (Å²) >= 11 is 1.74. The van der Waals surface area contributed by atoms with Gasteiger partial charge in [-0.25, -0.2) is 14.8 Å². The van der Waals surface area contributed by atoms with E-state index in [0.29, 0.717) is 18.9 Å². The maximum atomic E-state index is 12.7. The first kappa shape index (κ1) is 29.3. The molecule has 0 aliphatic carbocycles. The van der Waals surface area contributed by atoms with Crippen molar-refractivity contribution >= 4 is 45.4 Å². The zero-order valence-corrected chi connectivity index (χ0v) is 25.3. The van der Waals surface area contributed by atoms with Crippen molar-refractivity contribution in [3.05, 3.63) is 60.2 Å². The summed E-state index contributed by atoms with van der Waals surface area (Å²) in [6, 6.07) is 16.9. The largest absolute Gasteiger partial charge is 0.453 e. The van der Waals surface area contributed by atoms with Crippen LogP contribution < -0.4 is 5.32 Å². The number of aromatic nitrogens is 4. The molecule has 42 heavy (non-hydrogen) atoms. The summed E-state index contributed by atoms with van der Waals surface area (Å²) in [7, 11) is 3.39. The summed E-state index contributed by atoms with van der Waals surface area (Å²) in [4.78, 5) is 46.7. The van der Waals surface area contributed by atoms with Gasteiger partial charge in [-0.2, -0.15) is 0 Å². The Kier molecular flexibility index (Phi) is 9.19. The van der Waals surface area contributed by atoms with E-state index in [2.05, 4.69) is 81.4 Å². The van der Waals surface area contributed by atoms with E-state index in [1.807, 2.05) is 13.0 Å². The Labute approximate surface area is 249 Å². The van der Waals surface area contributed by atoms with E-state index in [9.17, 15) is 9.59 Å². The number of methoxy groups -OCH3 is 1. The standard InChI is InChI=1S/C31H37N7O3S/c1-5-13-37(3)18-28-33-22-9-7-20(15-24(22)35-28)26-11-12-27(42-26)21-8-10-23-25(16-21)36-29(34-23)19-38(14-6-2)30(39)17-32-31(40)41-4/h7-12,15-16H,5-6,13-14,17-19H2,1-4H3,(H,32,40)(H,33,35)(H,34,36). The Hall–Kier alpha value is -4.22. The van der Waals surface area contributed by atoms with Crippen LogP contribution in [0.5, 0.6) is 0 Å². The molecule has 0 radical (unpaired) electrons. The van der Waals surface area contributed by atoms with E-state index in [-0.39, 0.29) is 12.5 Å². The average molecular weight is 588 g/mol. The van der Waals surface area contributed by atoms with E-state index in [1.165, 1.54) is 12.0 Å². The van der Waals surface area contributed by atoms with Crippen molar-refractivity contribution in [2.75, 3.05) is 33.8 Å². The molecule has 0 bridgehead atoms. The van der Waals surface area contributed by atoms with Gasteiger partial charge in [0.2, 0.25) is 5.91 Å². The number of hydrogen-bond donors (Lipinski definition) is 3. The highest BCUT2D eigenvalue weighted by Crippen LogP contribution is 2.36. The van der Waals surface area contributed by atoms with Crippen LogP contribution in [0.4, 0.5) is 4.79 Å². The number of imidazole rings is 2. The number of alkyl carbamates (subject to hydrolysis) is 1. The number of benzene rings is 2. The predicted octanol–water partition coefficient (Wildman–Crippen LogP) is 5.77. The highest BCUT2D eigenvalue weighted by atomic mass is 32.1. The number of thiophene rings is 1. The van der Waals surface area contributed by atoms with Crippen molar-refractivity contribution in [1.82, 2.24) is 35.1 Å². The quantitative estimate of drug-likeness (QED) is 0.171. The fraction of sp³-hybridized carbons (Fsp3) is 0.355. The molecule has 0 fully saturated rings. The van der Waals surface area contributed by atoms with Crippen LogP contribution in [0.3, 0.4) is 0 Å². The van der Waals surface area contributed by atoms with Crippen molar-refractivity contribution in [3.63, 3.8) is 0 Å². The lowest BCUT2D eigenvalue weighted by Gasteiger charge is -2.21. The molecule has 10 nitrogen and oxygen atoms in total. The van der Waals surface area contributed by atoms with Gasteiger partial charge >= 0.3 is 6.09 Å². The first-order chi connectivity index (χ1) is 20.4. The van der Waals surface area contributed by atoms with E-state index < -0.39 is 6.09 Å². The van der Waals surface area contributed by atoms with Crippen molar-refractivity contribution < 1.29 is 14.3 Å². The van der Waals surface area contributed by atoms with Gasteiger partial charge in [-0.05, 0) is 74.0 Å². The summed E-state index contributed by atoms with van der Waals surface area (Å²) < 4.78 is 4.56. The lowest BCUT2D eigenvalue weighted by molar-refractivity contribution is -0.130. The van der Waals surface area contributed by atoms with Crippen LogP contribution in [0.15, 0.2) is 48.5 Å². The molecule has 5 aromatic rings. The monoisotopic (exact) mass is 587 g/mol. The van der Waals surface area contributed by atoms with E-state index in [0.717, 1.165) is 69.8 Å². The minimum absolute atomic E-state index is 0.122. The summed E-state index contributed by atoms with van der Waals surface area (Å²) in [5.41, 5.74) is 6.03. The number of carbonyl (C=O) groups is 2. The molecule has 2 amide bonds. The fourth-order valence-electron chi connectivity index (χ4n) is 5.02. The first-order valence-electron chi connectivity index (χ1n) is 14.2. The molecule has 11 heteroatoms. The van der Waals surface area contributed by atoms with E-state index in [1.54, 1.807) is 16.2 Å². The van der Waals surface area contributed by atoms with Gasteiger partial charge in [0.15, 0.2) is 0 Å². The van der Waals surface area contributed by atoms with E-state index in [4.69, 9.17) is 9.97 Å². The van der Waals surface area contributed by atoms with Crippen LogP contribution in [0.2, 0.25) is 0 Å². The summed E-state index contributed by atoms with van der Waals surface area (Å²) in [5, 5.41) is 2.45. The number of amides is 2. The molecule has 2 aromatic carbocycles. The van der Waals surface area contributed by atoms with Crippen molar-refractivity contribution in [1.29, 1.82) is 0 Å². The molecule has 0 spiro atoms. The molecule has 3 N–H and O–H groups in total. The number of nitrogens with zero attached hydrogens (tertiary/aromatic N) is 4. The summed E-state index contributed by atoms with van der Waals surface area (Å²) in [5.74, 6) is 1.49. The number of ether oxygens (including phenoxy) is 1. The normalized spacial score (nSPS) is 11.5. The average Bonchev–Trinajstić information content (AvgIpc) is 3.72. The molecule has 5 rings (SSSR count). The molecule has 0 atom stereocenters. The van der Waals surface area contributed by atoms with Gasteiger partial charge < -0.3 is 24.9 Å². The number of carbonyl (C=O) groups excluding carboxylic acids is 2. The number of hydrogen-bond acceptors (Lipinski definition) is 7. The molecule has 0 unspecified atom stereocenters. The molecule has 0 saturated carbocycles. The van der Waals surface area contributed by atoms with Gasteiger partial charge in [-0.1, -0.05) is 26.0 Å². The number of fused-ring (bicyclic) bond motifs is 2. The Bertz CT molecular complexity index is 1690. The van der Waals surface area contributed by atoms with Gasteiger partial charge in [-0.3, -0.25) is 9.69 Å². The Balaban J connectivity index is 1.31. The minimum atomic E-state index is -0.630. The van der Waals surface area contributed by atoms with Gasteiger partial charge in [0.1, 0.15) is 18.2 Å². The molecule has 0 aliphatic rings. The molecule has 0 saturated heterocycles. The Morgan fingerprint density at radius 1 is 0.857 bits per heavy atom. The van der Waals surface area contributed by atoms with Crippen LogP contribution in [0, 0.1) is 0 Å². The first-order valence-corrected chi connectivity index (χ1v) is 15.0. The minimum Gasteiger partial charge on any atom is -0.453 e.